The molecule has 0 bridgehead atoms. The van der Waals surface area contributed by atoms with Crippen molar-refractivity contribution in [3.05, 3.63) is 83.3 Å². The van der Waals surface area contributed by atoms with Gasteiger partial charge in [-0.2, -0.15) is 10.1 Å². The largest absolute Gasteiger partial charge is 0.328 e. The van der Waals surface area contributed by atoms with Gasteiger partial charge in [-0.1, -0.05) is 48.0 Å². The molecule has 26 heavy (non-hydrogen) atoms. The normalized spacial score (nSPS) is 16.0. The number of carbonyl (C=O) groups is 1. The second-order valence-corrected chi connectivity index (χ2v) is 6.33. The number of hydrogen-bond donors (Lipinski definition) is 2. The van der Waals surface area contributed by atoms with E-state index in [0.29, 0.717) is 11.5 Å². The van der Waals surface area contributed by atoms with Gasteiger partial charge in [-0.15, -0.1) is 0 Å². The Morgan fingerprint density at radius 3 is 2.54 bits per heavy atom. The van der Waals surface area contributed by atoms with Crippen molar-refractivity contribution in [1.29, 1.82) is 0 Å². The number of fused-ring (bicyclic) bond motifs is 1. The van der Waals surface area contributed by atoms with E-state index < -0.39 is 0 Å². The van der Waals surface area contributed by atoms with Gasteiger partial charge >= 0.3 is 0 Å². The minimum Gasteiger partial charge on any atom is -0.328 e. The number of allylic oxidation sites excluding steroid dienone is 1. The molecule has 2 aromatic carbocycles. The van der Waals surface area contributed by atoms with Crippen molar-refractivity contribution >= 4 is 17.5 Å². The van der Waals surface area contributed by atoms with E-state index in [1.165, 1.54) is 6.33 Å². The maximum atomic E-state index is 13.1. The number of benzene rings is 2. The summed E-state index contributed by atoms with van der Waals surface area (Å²) in [6, 6.07) is 17.3. The number of amides is 1. The first kappa shape index (κ1) is 16.1. The van der Waals surface area contributed by atoms with Gasteiger partial charge in [0.05, 0.1) is 5.57 Å². The zero-order valence-corrected chi connectivity index (χ0v) is 14.6. The fraction of sp³-hybridized carbons (Fsp3) is 0.150. The van der Waals surface area contributed by atoms with Crippen LogP contribution in [0.3, 0.4) is 0 Å². The Hall–Kier alpha value is -3.41. The molecule has 2 N–H and O–H groups in total. The van der Waals surface area contributed by atoms with E-state index in [2.05, 4.69) is 20.7 Å². The molecule has 0 aliphatic carbocycles. The average Bonchev–Trinajstić information content (AvgIpc) is 3.11. The van der Waals surface area contributed by atoms with Crippen LogP contribution in [0.25, 0.3) is 0 Å². The molecule has 1 aliphatic heterocycles. The number of hydrogen-bond acceptors (Lipinski definition) is 4. The predicted octanol–water partition coefficient (Wildman–Crippen LogP) is 3.51. The van der Waals surface area contributed by atoms with Gasteiger partial charge in [0.25, 0.3) is 5.91 Å². The highest BCUT2D eigenvalue weighted by molar-refractivity contribution is 6.06. The number of rotatable bonds is 3. The van der Waals surface area contributed by atoms with Gasteiger partial charge < -0.3 is 10.6 Å². The van der Waals surface area contributed by atoms with Gasteiger partial charge in [0, 0.05) is 11.4 Å². The fourth-order valence-electron chi connectivity index (χ4n) is 3.16. The van der Waals surface area contributed by atoms with Crippen LogP contribution < -0.4 is 10.6 Å². The minimum atomic E-state index is -0.333. The second kappa shape index (κ2) is 6.48. The summed E-state index contributed by atoms with van der Waals surface area (Å²) in [4.78, 5) is 17.4. The summed E-state index contributed by atoms with van der Waals surface area (Å²) < 4.78 is 1.74. The van der Waals surface area contributed by atoms with Crippen LogP contribution >= 0.6 is 0 Å². The topological polar surface area (TPSA) is 71.8 Å². The van der Waals surface area contributed by atoms with Crippen LogP contribution in [0.2, 0.25) is 0 Å². The van der Waals surface area contributed by atoms with Crippen LogP contribution in [-0.2, 0) is 4.79 Å². The van der Waals surface area contributed by atoms with E-state index in [-0.39, 0.29) is 11.9 Å². The summed E-state index contributed by atoms with van der Waals surface area (Å²) in [7, 11) is 0. The number of nitrogens with zero attached hydrogens (tertiary/aromatic N) is 3. The van der Waals surface area contributed by atoms with Crippen LogP contribution in [0.15, 0.2) is 72.2 Å². The van der Waals surface area contributed by atoms with Gasteiger partial charge in [-0.25, -0.2) is 4.68 Å². The quantitative estimate of drug-likeness (QED) is 0.762. The molecule has 0 saturated heterocycles. The summed E-state index contributed by atoms with van der Waals surface area (Å²) in [5.41, 5.74) is 4.28. The molecule has 4 rings (SSSR count). The number of aromatic nitrogens is 3. The van der Waals surface area contributed by atoms with Crippen LogP contribution in [0, 0.1) is 6.92 Å². The number of carbonyl (C=O) groups excluding carboxylic acids is 1. The zero-order chi connectivity index (χ0) is 18.1. The first-order chi connectivity index (χ1) is 12.6. The maximum Gasteiger partial charge on any atom is 0.255 e. The highest BCUT2D eigenvalue weighted by atomic mass is 16.1. The van der Waals surface area contributed by atoms with Crippen molar-refractivity contribution in [2.45, 2.75) is 19.9 Å². The fourth-order valence-corrected chi connectivity index (χ4v) is 3.16. The van der Waals surface area contributed by atoms with E-state index >= 15 is 0 Å². The van der Waals surface area contributed by atoms with Crippen molar-refractivity contribution in [1.82, 2.24) is 14.8 Å². The van der Waals surface area contributed by atoms with Gasteiger partial charge in [0.2, 0.25) is 5.95 Å². The van der Waals surface area contributed by atoms with Gasteiger partial charge in [0.15, 0.2) is 0 Å². The predicted molar refractivity (Wildman–Crippen MR) is 101 cm³/mol. The number of anilines is 2. The highest BCUT2D eigenvalue weighted by Crippen LogP contribution is 2.34. The van der Waals surface area contributed by atoms with Gasteiger partial charge in [0.1, 0.15) is 12.4 Å². The Balaban J connectivity index is 1.74. The molecular weight excluding hydrogens is 326 g/mol. The molecule has 1 aromatic heterocycles. The van der Waals surface area contributed by atoms with Gasteiger partial charge in [-0.3, -0.25) is 4.79 Å². The van der Waals surface area contributed by atoms with E-state index in [0.717, 1.165) is 22.5 Å². The molecule has 1 aliphatic rings. The number of nitrogens with one attached hydrogen (secondary N) is 2. The van der Waals surface area contributed by atoms with Crippen molar-refractivity contribution in [3.8, 4) is 0 Å². The molecule has 0 saturated carbocycles. The Morgan fingerprint density at radius 1 is 1.08 bits per heavy atom. The summed E-state index contributed by atoms with van der Waals surface area (Å²) in [5, 5.41) is 10.5. The summed E-state index contributed by atoms with van der Waals surface area (Å²) >= 11 is 0. The Bertz CT molecular complexity index is 973. The first-order valence-corrected chi connectivity index (χ1v) is 8.44. The standard InChI is InChI=1S/C20H19N5O/c1-13-8-10-16(11-9-13)24-19(26)17-14(2)23-20-21-12-22-25(20)18(17)15-6-4-3-5-7-15/h3-12,18H,1-2H3,(H,24,26)(H,21,22,23). The maximum absolute atomic E-state index is 13.1. The third-order valence-corrected chi connectivity index (χ3v) is 4.46. The molecule has 1 amide bonds. The van der Waals surface area contributed by atoms with Crippen molar-refractivity contribution in [2.75, 3.05) is 10.6 Å². The third kappa shape index (κ3) is 2.86. The Morgan fingerprint density at radius 2 is 1.81 bits per heavy atom. The SMILES string of the molecule is CC1=C(C(=O)Nc2ccc(C)cc2)C(c2ccccc2)n2ncnc2N1. The van der Waals surface area contributed by atoms with E-state index in [1.54, 1.807) is 4.68 Å². The second-order valence-electron chi connectivity index (χ2n) is 6.33. The molecule has 1 unspecified atom stereocenters. The van der Waals surface area contributed by atoms with E-state index in [9.17, 15) is 4.79 Å². The summed E-state index contributed by atoms with van der Waals surface area (Å²) in [6.45, 7) is 3.90. The first-order valence-electron chi connectivity index (χ1n) is 8.44. The lowest BCUT2D eigenvalue weighted by molar-refractivity contribution is -0.113. The Kier molecular flexibility index (Phi) is 4.01. The van der Waals surface area contributed by atoms with Gasteiger partial charge in [-0.05, 0) is 31.5 Å². The van der Waals surface area contributed by atoms with Crippen molar-refractivity contribution < 1.29 is 4.79 Å². The van der Waals surface area contributed by atoms with Crippen LogP contribution in [0.4, 0.5) is 11.6 Å². The third-order valence-electron chi connectivity index (χ3n) is 4.46. The molecule has 130 valence electrons. The molecule has 6 nitrogen and oxygen atoms in total. The lowest BCUT2D eigenvalue weighted by Crippen LogP contribution is -2.31. The van der Waals surface area contributed by atoms with Crippen LogP contribution in [0.1, 0.15) is 24.1 Å². The molecular formula is C20H19N5O. The highest BCUT2D eigenvalue weighted by Gasteiger charge is 2.33. The molecule has 0 fully saturated rings. The molecule has 0 radical (unpaired) electrons. The smallest absolute Gasteiger partial charge is 0.255 e. The van der Waals surface area contributed by atoms with Crippen LogP contribution in [-0.4, -0.2) is 20.7 Å². The molecule has 3 aromatic rings. The lowest BCUT2D eigenvalue weighted by atomic mass is 9.95. The van der Waals surface area contributed by atoms with E-state index in [4.69, 9.17) is 0 Å². The van der Waals surface area contributed by atoms with E-state index in [1.807, 2.05) is 68.4 Å². The molecule has 2 heterocycles. The molecule has 0 spiro atoms. The minimum absolute atomic E-state index is 0.158. The monoisotopic (exact) mass is 345 g/mol. The van der Waals surface area contributed by atoms with Crippen LogP contribution in [0.5, 0.6) is 0 Å². The van der Waals surface area contributed by atoms with Crippen molar-refractivity contribution in [3.63, 3.8) is 0 Å². The van der Waals surface area contributed by atoms with Crippen molar-refractivity contribution in [2.24, 2.45) is 0 Å². The zero-order valence-electron chi connectivity index (χ0n) is 14.6. The summed E-state index contributed by atoms with van der Waals surface area (Å²) in [5.74, 6) is 0.470. The number of aryl methyl sites for hydroxylation is 1. The molecule has 6 heteroatoms. The molecule has 1 atom stereocenters. The lowest BCUT2D eigenvalue weighted by Gasteiger charge is -2.28. The average molecular weight is 345 g/mol. The summed E-state index contributed by atoms with van der Waals surface area (Å²) in [6.07, 6.45) is 1.49. The Labute approximate surface area is 151 Å².